The Balaban J connectivity index is 1.95. The lowest BCUT2D eigenvalue weighted by molar-refractivity contribution is -0.129. The van der Waals surface area contributed by atoms with Crippen LogP contribution in [0.4, 0.5) is 4.39 Å². The molecule has 0 spiro atoms. The molecule has 2 aromatic carbocycles. The van der Waals surface area contributed by atoms with Gasteiger partial charge in [0.1, 0.15) is 5.82 Å². The van der Waals surface area contributed by atoms with E-state index in [1.165, 1.54) is 42.5 Å². The van der Waals surface area contributed by atoms with E-state index in [2.05, 4.69) is 4.99 Å². The van der Waals surface area contributed by atoms with Crippen molar-refractivity contribution in [2.24, 2.45) is 4.99 Å². The molecule has 1 heterocycles. The Kier molecular flexibility index (Phi) is 5.46. The van der Waals surface area contributed by atoms with E-state index < -0.39 is 21.9 Å². The van der Waals surface area contributed by atoms with Gasteiger partial charge >= 0.3 is 16.1 Å². The maximum Gasteiger partial charge on any atom is 0.363 e. The van der Waals surface area contributed by atoms with Gasteiger partial charge < -0.3 is 13.7 Å². The van der Waals surface area contributed by atoms with Crippen molar-refractivity contribution in [2.75, 3.05) is 12.9 Å². The van der Waals surface area contributed by atoms with E-state index in [1.807, 2.05) is 0 Å². The molecule has 0 saturated heterocycles. The molecule has 0 bridgehead atoms. The first-order chi connectivity index (χ1) is 13.3. The number of carbonyl (C=O) groups is 1. The molecule has 146 valence electrons. The van der Waals surface area contributed by atoms with Crippen LogP contribution in [0.3, 0.4) is 0 Å². The van der Waals surface area contributed by atoms with Crippen molar-refractivity contribution in [3.8, 4) is 11.5 Å². The second kappa shape index (κ2) is 7.81. The number of hydrogen-bond acceptors (Lipinski definition) is 7. The molecule has 0 aromatic heterocycles. The van der Waals surface area contributed by atoms with Gasteiger partial charge in [-0.3, -0.25) is 0 Å². The Morgan fingerprint density at radius 3 is 2.61 bits per heavy atom. The van der Waals surface area contributed by atoms with Crippen molar-refractivity contribution in [2.45, 2.75) is 6.92 Å². The summed E-state index contributed by atoms with van der Waals surface area (Å²) < 4.78 is 51.9. The summed E-state index contributed by atoms with van der Waals surface area (Å²) in [6, 6.07) is 10.2. The summed E-state index contributed by atoms with van der Waals surface area (Å²) in [6.07, 6.45) is 2.34. The lowest BCUT2D eigenvalue weighted by Gasteiger charge is -2.10. The molecular formula is C19H16FNO6S. The minimum Gasteiger partial charge on any atom is -0.490 e. The fraction of sp³-hybridized carbons (Fsp3) is 0.158. The van der Waals surface area contributed by atoms with Crippen molar-refractivity contribution in [1.29, 1.82) is 0 Å². The van der Waals surface area contributed by atoms with E-state index in [1.54, 1.807) is 13.0 Å². The molecule has 0 atom stereocenters. The Bertz CT molecular complexity index is 1090. The molecule has 7 nitrogen and oxygen atoms in total. The summed E-state index contributed by atoms with van der Waals surface area (Å²) in [6.45, 7) is 2.01. The zero-order chi connectivity index (χ0) is 20.3. The van der Waals surface area contributed by atoms with Crippen LogP contribution in [0.2, 0.25) is 0 Å². The summed E-state index contributed by atoms with van der Waals surface area (Å²) in [7, 11) is -3.73. The molecule has 0 N–H and O–H groups in total. The predicted octanol–water partition coefficient (Wildman–Crippen LogP) is 2.91. The number of aliphatic imine (C=N–C) groups is 1. The molecule has 0 saturated carbocycles. The fourth-order valence-electron chi connectivity index (χ4n) is 2.43. The first-order valence-electron chi connectivity index (χ1n) is 8.20. The van der Waals surface area contributed by atoms with Crippen molar-refractivity contribution >= 4 is 28.1 Å². The Labute approximate surface area is 161 Å². The number of ether oxygens (including phenoxy) is 2. The predicted molar refractivity (Wildman–Crippen MR) is 100 cm³/mol. The lowest BCUT2D eigenvalue weighted by Crippen LogP contribution is -2.07. The number of carbonyl (C=O) groups excluding carboxylic acids is 1. The highest BCUT2D eigenvalue weighted by Gasteiger charge is 2.26. The first-order valence-corrected chi connectivity index (χ1v) is 10.0. The molecule has 3 rings (SSSR count). The third-order valence-electron chi connectivity index (χ3n) is 3.54. The molecule has 1 aliphatic heterocycles. The van der Waals surface area contributed by atoms with E-state index in [4.69, 9.17) is 13.7 Å². The summed E-state index contributed by atoms with van der Waals surface area (Å²) in [4.78, 5) is 16.1. The Morgan fingerprint density at radius 2 is 1.93 bits per heavy atom. The maximum absolute atomic E-state index is 13.9. The third-order valence-corrected chi connectivity index (χ3v) is 4.02. The molecule has 2 aromatic rings. The number of hydrogen-bond donors (Lipinski definition) is 0. The van der Waals surface area contributed by atoms with Crippen LogP contribution in [0.1, 0.15) is 18.1 Å². The molecular weight excluding hydrogens is 389 g/mol. The summed E-state index contributed by atoms with van der Waals surface area (Å²) in [5.74, 6) is -1.21. The van der Waals surface area contributed by atoms with Gasteiger partial charge in [0.05, 0.1) is 18.4 Å². The minimum absolute atomic E-state index is 0.0241. The zero-order valence-electron chi connectivity index (χ0n) is 15.0. The third kappa shape index (κ3) is 4.55. The average molecular weight is 405 g/mol. The standard InChI is InChI=1S/C19H16FNO6S/c1-3-25-17-11-12(8-9-16(17)27-28(2,23)24)10-15-19(22)26-18(21-15)13-6-4-5-7-14(13)20/h4-11H,3H2,1-2H3/b15-10-. The van der Waals surface area contributed by atoms with E-state index in [-0.39, 0.29) is 35.3 Å². The van der Waals surface area contributed by atoms with Crippen LogP contribution in [-0.2, 0) is 19.6 Å². The van der Waals surface area contributed by atoms with Crippen LogP contribution < -0.4 is 8.92 Å². The average Bonchev–Trinajstić information content (AvgIpc) is 2.97. The van der Waals surface area contributed by atoms with E-state index >= 15 is 0 Å². The molecule has 9 heteroatoms. The second-order valence-corrected chi connectivity index (χ2v) is 7.32. The molecule has 0 unspecified atom stereocenters. The number of esters is 1. The smallest absolute Gasteiger partial charge is 0.363 e. The van der Waals surface area contributed by atoms with Crippen LogP contribution in [0.25, 0.3) is 6.08 Å². The zero-order valence-corrected chi connectivity index (χ0v) is 15.8. The lowest BCUT2D eigenvalue weighted by atomic mass is 10.1. The van der Waals surface area contributed by atoms with Crippen molar-refractivity contribution in [3.63, 3.8) is 0 Å². The van der Waals surface area contributed by atoms with Gasteiger partial charge in [0.25, 0.3) is 0 Å². The minimum atomic E-state index is -3.73. The molecule has 1 aliphatic rings. The molecule has 0 radical (unpaired) electrons. The van der Waals surface area contributed by atoms with E-state index in [0.29, 0.717) is 5.56 Å². The summed E-state index contributed by atoms with van der Waals surface area (Å²) in [5.41, 5.74) is 0.540. The SMILES string of the molecule is CCOc1cc(/C=C2\N=C(c3ccccc3F)OC2=O)ccc1OS(C)(=O)=O. The topological polar surface area (TPSA) is 91.3 Å². The maximum atomic E-state index is 13.9. The fourth-order valence-corrected chi connectivity index (χ4v) is 2.90. The quantitative estimate of drug-likeness (QED) is 0.417. The molecule has 0 fully saturated rings. The molecule has 0 amide bonds. The van der Waals surface area contributed by atoms with Crippen LogP contribution >= 0.6 is 0 Å². The van der Waals surface area contributed by atoms with Crippen molar-refractivity contribution < 1.29 is 31.3 Å². The summed E-state index contributed by atoms with van der Waals surface area (Å²) >= 11 is 0. The van der Waals surface area contributed by atoms with Gasteiger partial charge in [0.15, 0.2) is 17.2 Å². The van der Waals surface area contributed by atoms with Crippen LogP contribution in [0, 0.1) is 5.82 Å². The van der Waals surface area contributed by atoms with Crippen molar-refractivity contribution in [1.82, 2.24) is 0 Å². The van der Waals surface area contributed by atoms with Crippen LogP contribution in [-0.4, -0.2) is 33.1 Å². The number of benzene rings is 2. The van der Waals surface area contributed by atoms with Gasteiger partial charge in [-0.1, -0.05) is 18.2 Å². The van der Waals surface area contributed by atoms with Crippen LogP contribution in [0.15, 0.2) is 53.2 Å². The van der Waals surface area contributed by atoms with Gasteiger partial charge in [0.2, 0.25) is 5.90 Å². The van der Waals surface area contributed by atoms with E-state index in [0.717, 1.165) is 6.26 Å². The normalized spacial score (nSPS) is 15.3. The first kappa shape index (κ1) is 19.6. The van der Waals surface area contributed by atoms with Crippen molar-refractivity contribution in [3.05, 3.63) is 65.1 Å². The highest BCUT2D eigenvalue weighted by Crippen LogP contribution is 2.31. The Hall–Kier alpha value is -3.20. The highest BCUT2D eigenvalue weighted by molar-refractivity contribution is 7.86. The van der Waals surface area contributed by atoms with Gasteiger partial charge in [-0.2, -0.15) is 8.42 Å². The number of nitrogens with zero attached hydrogens (tertiary/aromatic N) is 1. The van der Waals surface area contributed by atoms with Gasteiger partial charge in [-0.05, 0) is 42.8 Å². The Morgan fingerprint density at radius 1 is 1.18 bits per heavy atom. The largest absolute Gasteiger partial charge is 0.490 e. The number of halogens is 1. The second-order valence-electron chi connectivity index (χ2n) is 5.74. The van der Waals surface area contributed by atoms with Gasteiger partial charge in [-0.25, -0.2) is 14.2 Å². The van der Waals surface area contributed by atoms with Gasteiger partial charge in [0, 0.05) is 0 Å². The molecule has 0 aliphatic carbocycles. The number of cyclic esters (lactones) is 1. The number of rotatable bonds is 6. The van der Waals surface area contributed by atoms with E-state index in [9.17, 15) is 17.6 Å². The van der Waals surface area contributed by atoms with Gasteiger partial charge in [-0.15, -0.1) is 0 Å². The molecule has 28 heavy (non-hydrogen) atoms. The highest BCUT2D eigenvalue weighted by atomic mass is 32.2. The summed E-state index contributed by atoms with van der Waals surface area (Å²) in [5, 5.41) is 0. The monoisotopic (exact) mass is 405 g/mol. The van der Waals surface area contributed by atoms with Crippen LogP contribution in [0.5, 0.6) is 11.5 Å².